The lowest BCUT2D eigenvalue weighted by molar-refractivity contribution is -0.142. The fourth-order valence-electron chi connectivity index (χ4n) is 4.09. The summed E-state index contributed by atoms with van der Waals surface area (Å²) in [5, 5.41) is 27.8. The Kier molecular flexibility index (Phi) is 12.4. The zero-order chi connectivity index (χ0) is 29.8. The van der Waals surface area contributed by atoms with Gasteiger partial charge in [-0.05, 0) is 36.8 Å². The molecular weight excluding hydrogens is 520 g/mol. The first kappa shape index (κ1) is 32.0. The number of nitrogens with two attached hydrogens (primary N) is 3. The molecule has 0 aliphatic carbocycles. The predicted molar refractivity (Wildman–Crippen MR) is 150 cm³/mol. The van der Waals surface area contributed by atoms with Crippen LogP contribution in [0.2, 0.25) is 0 Å². The molecule has 1 aromatic carbocycles. The molecule has 4 unspecified atom stereocenters. The van der Waals surface area contributed by atoms with Crippen LogP contribution in [0.15, 0.2) is 35.5 Å². The fourth-order valence-corrected chi connectivity index (χ4v) is 4.09. The minimum Gasteiger partial charge on any atom is -0.480 e. The summed E-state index contributed by atoms with van der Waals surface area (Å²) in [7, 11) is 0. The second-order valence-electron chi connectivity index (χ2n) is 9.95. The summed E-state index contributed by atoms with van der Waals surface area (Å²) in [5.74, 6) is -3.55. The summed E-state index contributed by atoms with van der Waals surface area (Å²) in [4.78, 5) is 57.4. The molecule has 0 aliphatic heterocycles. The molecule has 220 valence electrons. The zero-order valence-corrected chi connectivity index (χ0v) is 22.7. The highest BCUT2D eigenvalue weighted by Crippen LogP contribution is 2.19. The van der Waals surface area contributed by atoms with Gasteiger partial charge in [0.25, 0.3) is 0 Å². The van der Waals surface area contributed by atoms with Gasteiger partial charge in [-0.25, -0.2) is 4.79 Å². The first-order valence-electron chi connectivity index (χ1n) is 13.0. The number of nitrogens with zero attached hydrogens (tertiary/aromatic N) is 1. The summed E-state index contributed by atoms with van der Waals surface area (Å²) in [6.07, 6.45) is 2.55. The van der Waals surface area contributed by atoms with Crippen LogP contribution in [0.1, 0.15) is 38.7 Å². The number of nitrogens with one attached hydrogen (secondary N) is 4. The van der Waals surface area contributed by atoms with Crippen LogP contribution in [0.5, 0.6) is 0 Å². The van der Waals surface area contributed by atoms with Gasteiger partial charge < -0.3 is 48.3 Å². The van der Waals surface area contributed by atoms with Gasteiger partial charge in [-0.15, -0.1) is 0 Å². The Morgan fingerprint density at radius 2 is 1.60 bits per heavy atom. The summed E-state index contributed by atoms with van der Waals surface area (Å²) >= 11 is 0. The largest absolute Gasteiger partial charge is 0.480 e. The molecule has 3 amide bonds. The van der Waals surface area contributed by atoms with Crippen LogP contribution in [0.4, 0.5) is 0 Å². The highest BCUT2D eigenvalue weighted by atomic mass is 16.4. The van der Waals surface area contributed by atoms with E-state index in [9.17, 15) is 29.4 Å². The van der Waals surface area contributed by atoms with Crippen molar-refractivity contribution < 1.29 is 29.4 Å². The SMILES string of the molecule is CC(C)CC(NC(=O)C(CO)NC(=O)C(N)CCCN=C(N)N)C(=O)NC(Cc1c[nH]c2ccccc12)C(=O)O. The van der Waals surface area contributed by atoms with Gasteiger partial charge in [0, 0.05) is 30.1 Å². The number of benzene rings is 1. The van der Waals surface area contributed by atoms with Gasteiger partial charge in [0.2, 0.25) is 17.7 Å². The number of hydrogen-bond donors (Lipinski definition) is 9. The number of aliphatic hydroxyl groups excluding tert-OH is 1. The first-order chi connectivity index (χ1) is 18.9. The lowest BCUT2D eigenvalue weighted by Crippen LogP contribution is -2.58. The number of para-hydroxylation sites is 1. The van der Waals surface area contributed by atoms with E-state index in [2.05, 4.69) is 25.9 Å². The number of aromatic amines is 1. The number of H-pyrrole nitrogens is 1. The van der Waals surface area contributed by atoms with Crippen molar-refractivity contribution in [2.45, 2.75) is 63.7 Å². The van der Waals surface area contributed by atoms with Crippen LogP contribution in [-0.2, 0) is 25.6 Å². The number of carboxylic acid groups (broad SMARTS) is 1. The van der Waals surface area contributed by atoms with Gasteiger partial charge in [-0.3, -0.25) is 19.4 Å². The molecule has 0 radical (unpaired) electrons. The minimum absolute atomic E-state index is 0.0177. The van der Waals surface area contributed by atoms with Crippen LogP contribution >= 0.6 is 0 Å². The third-order valence-corrected chi connectivity index (χ3v) is 6.17. The second-order valence-corrected chi connectivity index (χ2v) is 9.95. The number of aliphatic imine (C=N–C) groups is 1. The molecule has 0 fully saturated rings. The molecule has 0 saturated carbocycles. The normalized spacial score (nSPS) is 14.1. The average Bonchev–Trinajstić information content (AvgIpc) is 3.30. The molecule has 0 aliphatic rings. The Morgan fingerprint density at radius 3 is 2.23 bits per heavy atom. The molecule has 4 atom stereocenters. The van der Waals surface area contributed by atoms with Crippen LogP contribution < -0.4 is 33.2 Å². The zero-order valence-electron chi connectivity index (χ0n) is 22.7. The van der Waals surface area contributed by atoms with E-state index in [0.29, 0.717) is 12.0 Å². The maximum Gasteiger partial charge on any atom is 0.326 e. The number of aliphatic carboxylic acids is 1. The third-order valence-electron chi connectivity index (χ3n) is 6.17. The van der Waals surface area contributed by atoms with Crippen LogP contribution in [0.3, 0.4) is 0 Å². The number of fused-ring (bicyclic) bond motifs is 1. The van der Waals surface area contributed by atoms with Gasteiger partial charge in [0.1, 0.15) is 18.1 Å². The van der Waals surface area contributed by atoms with E-state index in [1.165, 1.54) is 0 Å². The lowest BCUT2D eigenvalue weighted by atomic mass is 10.0. The van der Waals surface area contributed by atoms with E-state index in [-0.39, 0.29) is 37.7 Å². The quantitative estimate of drug-likeness (QED) is 0.0669. The van der Waals surface area contributed by atoms with Crippen molar-refractivity contribution >= 4 is 40.6 Å². The number of aromatic nitrogens is 1. The lowest BCUT2D eigenvalue weighted by Gasteiger charge is -2.25. The maximum absolute atomic E-state index is 13.2. The number of carbonyl (C=O) groups excluding carboxylic acids is 3. The standard InChI is InChI=1S/C26H40N8O6/c1-14(2)10-19(32-24(38)21(13-35)34-22(36)17(27)7-5-9-30-26(28)29)23(37)33-20(25(39)40)11-15-12-31-18-8-4-3-6-16(15)18/h3-4,6,8,12,14,17,19-21,31,35H,5,7,9-11,13,27H2,1-2H3,(H,32,38)(H,33,37)(H,34,36)(H,39,40)(H4,28,29,30). The van der Waals surface area contributed by atoms with Crippen molar-refractivity contribution in [2.75, 3.05) is 13.2 Å². The number of carboxylic acids is 1. The fraction of sp³-hybridized carbons (Fsp3) is 0.500. The molecular formula is C26H40N8O6. The number of aliphatic hydroxyl groups is 1. The van der Waals surface area contributed by atoms with Crippen molar-refractivity contribution in [2.24, 2.45) is 28.1 Å². The van der Waals surface area contributed by atoms with Gasteiger partial charge in [0.15, 0.2) is 5.96 Å². The number of carbonyl (C=O) groups is 4. The second kappa shape index (κ2) is 15.4. The van der Waals surface area contributed by atoms with Gasteiger partial charge in [-0.1, -0.05) is 32.0 Å². The summed E-state index contributed by atoms with van der Waals surface area (Å²) < 4.78 is 0. The monoisotopic (exact) mass is 560 g/mol. The molecule has 0 bridgehead atoms. The Hall–Kier alpha value is -4.17. The molecule has 14 nitrogen and oxygen atoms in total. The molecule has 2 rings (SSSR count). The van der Waals surface area contributed by atoms with Gasteiger partial charge >= 0.3 is 5.97 Å². The smallest absolute Gasteiger partial charge is 0.326 e. The van der Waals surface area contributed by atoms with E-state index >= 15 is 0 Å². The topological polar surface area (TPSA) is 251 Å². The Bertz CT molecular complexity index is 1190. The van der Waals surface area contributed by atoms with E-state index < -0.39 is 54.5 Å². The molecule has 1 heterocycles. The summed E-state index contributed by atoms with van der Waals surface area (Å²) in [6.45, 7) is 3.20. The molecule has 40 heavy (non-hydrogen) atoms. The number of rotatable bonds is 16. The number of amides is 3. The van der Waals surface area contributed by atoms with Crippen molar-refractivity contribution in [1.29, 1.82) is 0 Å². The Balaban J connectivity index is 2.05. The third kappa shape index (κ3) is 9.85. The van der Waals surface area contributed by atoms with Crippen molar-refractivity contribution in [3.05, 3.63) is 36.0 Å². The molecule has 14 heteroatoms. The first-order valence-corrected chi connectivity index (χ1v) is 13.0. The van der Waals surface area contributed by atoms with Gasteiger partial charge in [0.05, 0.1) is 12.6 Å². The highest BCUT2D eigenvalue weighted by molar-refractivity contribution is 5.94. The summed E-state index contributed by atoms with van der Waals surface area (Å²) in [6, 6.07) is 2.66. The molecule has 0 saturated heterocycles. The van der Waals surface area contributed by atoms with Crippen molar-refractivity contribution in [3.63, 3.8) is 0 Å². The Morgan fingerprint density at radius 1 is 0.975 bits per heavy atom. The average molecular weight is 561 g/mol. The molecule has 12 N–H and O–H groups in total. The van der Waals surface area contributed by atoms with E-state index in [4.69, 9.17) is 17.2 Å². The maximum atomic E-state index is 13.2. The summed E-state index contributed by atoms with van der Waals surface area (Å²) in [5.41, 5.74) is 17.9. The Labute approximate surface area is 232 Å². The number of guanidine groups is 1. The van der Waals surface area contributed by atoms with Gasteiger partial charge in [-0.2, -0.15) is 0 Å². The predicted octanol–water partition coefficient (Wildman–Crippen LogP) is -1.33. The molecule has 2 aromatic rings. The highest BCUT2D eigenvalue weighted by Gasteiger charge is 2.31. The van der Waals surface area contributed by atoms with Crippen LogP contribution in [-0.4, -0.2) is 82.2 Å². The van der Waals surface area contributed by atoms with E-state index in [1.807, 2.05) is 38.1 Å². The van der Waals surface area contributed by atoms with E-state index in [1.54, 1.807) is 6.20 Å². The van der Waals surface area contributed by atoms with Crippen LogP contribution in [0, 0.1) is 5.92 Å². The van der Waals surface area contributed by atoms with Crippen LogP contribution in [0.25, 0.3) is 10.9 Å². The minimum atomic E-state index is -1.37. The van der Waals surface area contributed by atoms with Crippen molar-refractivity contribution in [1.82, 2.24) is 20.9 Å². The molecule has 0 spiro atoms. The number of hydrogen-bond acceptors (Lipinski definition) is 7. The van der Waals surface area contributed by atoms with Crippen molar-refractivity contribution in [3.8, 4) is 0 Å². The molecule has 1 aromatic heterocycles. The van der Waals surface area contributed by atoms with E-state index in [0.717, 1.165) is 10.9 Å².